The molecular formula is C13H30OSi. The maximum atomic E-state index is 6.13. The molecule has 0 aliphatic rings. The molecule has 15 heavy (non-hydrogen) atoms. The van der Waals surface area contributed by atoms with E-state index in [1.807, 2.05) is 0 Å². The molecule has 0 aromatic heterocycles. The summed E-state index contributed by atoms with van der Waals surface area (Å²) in [6.07, 6.45) is 2.44. The van der Waals surface area contributed by atoms with E-state index in [4.69, 9.17) is 4.43 Å². The van der Waals surface area contributed by atoms with Crippen LogP contribution < -0.4 is 0 Å². The Morgan fingerprint density at radius 2 is 1.40 bits per heavy atom. The molecular weight excluding hydrogens is 200 g/mol. The van der Waals surface area contributed by atoms with Gasteiger partial charge >= 0.3 is 0 Å². The van der Waals surface area contributed by atoms with Crippen molar-refractivity contribution in [1.29, 1.82) is 0 Å². The highest BCUT2D eigenvalue weighted by molar-refractivity contribution is 6.74. The summed E-state index contributed by atoms with van der Waals surface area (Å²) in [6.45, 7) is 19.3. The number of hydrogen-bond acceptors (Lipinski definition) is 1. The third-order valence-electron chi connectivity index (χ3n) is 3.34. The van der Waals surface area contributed by atoms with Gasteiger partial charge in [-0.05, 0) is 36.4 Å². The topological polar surface area (TPSA) is 9.23 Å². The molecule has 0 rings (SSSR count). The summed E-state index contributed by atoms with van der Waals surface area (Å²) in [5.41, 5.74) is 0.441. The van der Waals surface area contributed by atoms with Gasteiger partial charge in [0.25, 0.3) is 0 Å². The van der Waals surface area contributed by atoms with Gasteiger partial charge in [0.2, 0.25) is 0 Å². The Hall–Kier alpha value is 0.177. The molecule has 0 fully saturated rings. The SMILES string of the molecule is CC(C)(C)CCCO[Si](C)(C)C(C)(C)C. The third kappa shape index (κ3) is 6.36. The zero-order valence-electron chi connectivity index (χ0n) is 12.0. The second-order valence-corrected chi connectivity index (χ2v) is 12.1. The molecule has 1 nitrogen and oxygen atoms in total. The Labute approximate surface area is 97.7 Å². The van der Waals surface area contributed by atoms with Crippen LogP contribution in [0.15, 0.2) is 0 Å². The molecule has 0 N–H and O–H groups in total. The first kappa shape index (κ1) is 15.2. The highest BCUT2D eigenvalue weighted by Crippen LogP contribution is 2.36. The van der Waals surface area contributed by atoms with Gasteiger partial charge < -0.3 is 4.43 Å². The smallest absolute Gasteiger partial charge is 0.191 e. The monoisotopic (exact) mass is 230 g/mol. The standard InChI is InChI=1S/C13H30OSi/c1-12(2,3)10-9-11-14-15(7,8)13(4,5)6/h9-11H2,1-8H3. The van der Waals surface area contributed by atoms with Crippen LogP contribution in [0.25, 0.3) is 0 Å². The fourth-order valence-electron chi connectivity index (χ4n) is 1.15. The maximum Gasteiger partial charge on any atom is 0.191 e. The molecule has 0 heterocycles. The molecule has 2 heteroatoms. The average molecular weight is 230 g/mol. The second kappa shape index (κ2) is 5.01. The van der Waals surface area contributed by atoms with Crippen LogP contribution in [0.2, 0.25) is 18.1 Å². The Morgan fingerprint density at radius 1 is 0.933 bits per heavy atom. The lowest BCUT2D eigenvalue weighted by Crippen LogP contribution is -2.41. The van der Waals surface area contributed by atoms with Crippen LogP contribution in [0.4, 0.5) is 0 Å². The van der Waals surface area contributed by atoms with E-state index in [-0.39, 0.29) is 0 Å². The van der Waals surface area contributed by atoms with Crippen molar-refractivity contribution in [1.82, 2.24) is 0 Å². The summed E-state index contributed by atoms with van der Waals surface area (Å²) >= 11 is 0. The lowest BCUT2D eigenvalue weighted by molar-refractivity contribution is 0.250. The summed E-state index contributed by atoms with van der Waals surface area (Å²) < 4.78 is 6.13. The fourth-order valence-corrected chi connectivity index (χ4v) is 2.23. The molecule has 0 saturated heterocycles. The van der Waals surface area contributed by atoms with Crippen molar-refractivity contribution in [2.24, 2.45) is 5.41 Å². The molecule has 0 bridgehead atoms. The van der Waals surface area contributed by atoms with E-state index in [2.05, 4.69) is 54.6 Å². The second-order valence-electron chi connectivity index (χ2n) is 7.27. The van der Waals surface area contributed by atoms with Gasteiger partial charge in [-0.25, -0.2) is 0 Å². The van der Waals surface area contributed by atoms with Crippen molar-refractivity contribution in [3.63, 3.8) is 0 Å². The van der Waals surface area contributed by atoms with Gasteiger partial charge in [-0.1, -0.05) is 41.5 Å². The van der Waals surface area contributed by atoms with E-state index < -0.39 is 8.32 Å². The Bertz CT molecular complexity index is 184. The Balaban J connectivity index is 3.87. The summed E-state index contributed by atoms with van der Waals surface area (Å²) in [4.78, 5) is 0. The number of hydrogen-bond donors (Lipinski definition) is 0. The third-order valence-corrected chi connectivity index (χ3v) is 7.88. The van der Waals surface area contributed by atoms with E-state index in [0.29, 0.717) is 10.5 Å². The highest BCUT2D eigenvalue weighted by Gasteiger charge is 2.36. The average Bonchev–Trinajstić information content (AvgIpc) is 1.94. The van der Waals surface area contributed by atoms with E-state index in [1.54, 1.807) is 0 Å². The van der Waals surface area contributed by atoms with Gasteiger partial charge in [-0.2, -0.15) is 0 Å². The van der Waals surface area contributed by atoms with Crippen molar-refractivity contribution >= 4 is 8.32 Å². The maximum absolute atomic E-state index is 6.13. The molecule has 0 aromatic rings. The fraction of sp³-hybridized carbons (Fsp3) is 1.00. The summed E-state index contributed by atoms with van der Waals surface area (Å²) in [7, 11) is -1.50. The van der Waals surface area contributed by atoms with Gasteiger partial charge in [0.1, 0.15) is 0 Å². The van der Waals surface area contributed by atoms with Crippen molar-refractivity contribution in [2.75, 3.05) is 6.61 Å². The van der Waals surface area contributed by atoms with Crippen molar-refractivity contribution in [3.05, 3.63) is 0 Å². The minimum absolute atomic E-state index is 0.342. The lowest BCUT2D eigenvalue weighted by atomic mass is 9.91. The molecule has 0 atom stereocenters. The minimum atomic E-state index is -1.50. The summed E-state index contributed by atoms with van der Waals surface area (Å²) in [6, 6.07) is 0. The van der Waals surface area contributed by atoms with E-state index in [1.165, 1.54) is 12.8 Å². The van der Waals surface area contributed by atoms with E-state index in [0.717, 1.165) is 6.61 Å². The molecule has 0 unspecified atom stereocenters. The van der Waals surface area contributed by atoms with Crippen molar-refractivity contribution in [2.45, 2.75) is 72.5 Å². The van der Waals surface area contributed by atoms with Crippen LogP contribution in [0, 0.1) is 5.41 Å². The Kier molecular flexibility index (Phi) is 5.06. The predicted octanol–water partition coefficient (Wildman–Crippen LogP) is 4.83. The van der Waals surface area contributed by atoms with Gasteiger partial charge in [-0.3, -0.25) is 0 Å². The molecule has 0 spiro atoms. The first-order chi connectivity index (χ1) is 6.46. The van der Waals surface area contributed by atoms with Gasteiger partial charge in [-0.15, -0.1) is 0 Å². The summed E-state index contributed by atoms with van der Waals surface area (Å²) in [5.74, 6) is 0. The molecule has 0 aliphatic heterocycles. The van der Waals surface area contributed by atoms with Crippen LogP contribution >= 0.6 is 0 Å². The molecule has 0 amide bonds. The first-order valence-electron chi connectivity index (χ1n) is 6.10. The summed E-state index contributed by atoms with van der Waals surface area (Å²) in [5, 5.41) is 0.342. The van der Waals surface area contributed by atoms with Crippen molar-refractivity contribution in [3.8, 4) is 0 Å². The van der Waals surface area contributed by atoms with E-state index >= 15 is 0 Å². The van der Waals surface area contributed by atoms with Crippen LogP contribution in [0.1, 0.15) is 54.4 Å². The molecule has 92 valence electrons. The van der Waals surface area contributed by atoms with Crippen LogP contribution in [0.3, 0.4) is 0 Å². The normalized spacial score (nSPS) is 14.4. The van der Waals surface area contributed by atoms with Gasteiger partial charge in [0.15, 0.2) is 8.32 Å². The molecule has 0 aromatic carbocycles. The highest BCUT2D eigenvalue weighted by atomic mass is 28.4. The molecule has 0 aliphatic carbocycles. The van der Waals surface area contributed by atoms with Gasteiger partial charge in [0.05, 0.1) is 0 Å². The largest absolute Gasteiger partial charge is 0.417 e. The van der Waals surface area contributed by atoms with Crippen LogP contribution in [0.5, 0.6) is 0 Å². The van der Waals surface area contributed by atoms with Crippen LogP contribution in [-0.2, 0) is 4.43 Å². The van der Waals surface area contributed by atoms with Crippen molar-refractivity contribution < 1.29 is 4.43 Å². The quantitative estimate of drug-likeness (QED) is 0.496. The number of rotatable bonds is 4. The van der Waals surface area contributed by atoms with Gasteiger partial charge in [0, 0.05) is 6.61 Å². The zero-order chi connectivity index (χ0) is 12.3. The first-order valence-corrected chi connectivity index (χ1v) is 9.00. The van der Waals surface area contributed by atoms with Crippen LogP contribution in [-0.4, -0.2) is 14.9 Å². The lowest BCUT2D eigenvalue weighted by Gasteiger charge is -2.36. The Morgan fingerprint density at radius 3 is 1.73 bits per heavy atom. The van der Waals surface area contributed by atoms with E-state index in [9.17, 15) is 0 Å². The minimum Gasteiger partial charge on any atom is -0.417 e. The zero-order valence-corrected chi connectivity index (χ0v) is 13.0. The molecule has 0 saturated carbocycles. The predicted molar refractivity (Wildman–Crippen MR) is 71.8 cm³/mol. The molecule has 0 radical (unpaired) electrons.